The zero-order valence-electron chi connectivity index (χ0n) is 38.0. The molecule has 0 aromatic carbocycles. The van der Waals surface area contributed by atoms with Crippen LogP contribution in [0.4, 0.5) is 0 Å². The molecule has 2 N–H and O–H groups in total. The van der Waals surface area contributed by atoms with E-state index in [0.29, 0.717) is 56.0 Å². The van der Waals surface area contributed by atoms with Crippen LogP contribution < -0.4 is 10.6 Å². The van der Waals surface area contributed by atoms with Crippen molar-refractivity contribution >= 4 is 23.6 Å². The van der Waals surface area contributed by atoms with Crippen LogP contribution in [0.15, 0.2) is 12.2 Å². The molecular formula is C46H77N3O10. The minimum atomic E-state index is -0.692. The molecule has 5 rings (SSSR count). The molecule has 4 amide bonds. The molecule has 336 valence electrons. The molecule has 4 heterocycles. The summed E-state index contributed by atoms with van der Waals surface area (Å²) in [7, 11) is 0. The van der Waals surface area contributed by atoms with Gasteiger partial charge in [-0.15, -0.1) is 0 Å². The molecule has 3 saturated heterocycles. The normalized spacial score (nSPS) is 40.5. The first-order valence-corrected chi connectivity index (χ1v) is 22.8. The highest BCUT2D eigenvalue weighted by molar-refractivity contribution is 6.13. The van der Waals surface area contributed by atoms with E-state index in [2.05, 4.69) is 79.9 Å². The molecule has 1 aliphatic carbocycles. The summed E-state index contributed by atoms with van der Waals surface area (Å²) in [5.74, 6) is 1.08. The monoisotopic (exact) mass is 832 g/mol. The summed E-state index contributed by atoms with van der Waals surface area (Å²) in [4.78, 5) is 52.2. The first-order valence-electron chi connectivity index (χ1n) is 22.8. The van der Waals surface area contributed by atoms with Gasteiger partial charge < -0.3 is 39.1 Å². The molecule has 4 aliphatic heterocycles. The van der Waals surface area contributed by atoms with Crippen LogP contribution in [0.2, 0.25) is 0 Å². The van der Waals surface area contributed by atoms with Crippen LogP contribution in [-0.2, 0) is 47.6 Å². The number of carbonyl (C=O) groups is 4. The lowest BCUT2D eigenvalue weighted by Crippen LogP contribution is -2.53. The third kappa shape index (κ3) is 11.7. The van der Waals surface area contributed by atoms with Crippen LogP contribution >= 0.6 is 0 Å². The van der Waals surface area contributed by atoms with E-state index in [4.69, 9.17) is 28.4 Å². The highest BCUT2D eigenvalue weighted by Gasteiger charge is 2.47. The van der Waals surface area contributed by atoms with Crippen LogP contribution in [0.1, 0.15) is 122 Å². The van der Waals surface area contributed by atoms with Gasteiger partial charge in [0.05, 0.1) is 44.3 Å². The highest BCUT2D eigenvalue weighted by Crippen LogP contribution is 2.42. The summed E-state index contributed by atoms with van der Waals surface area (Å²) in [5.41, 5.74) is 0. The van der Waals surface area contributed by atoms with Crippen molar-refractivity contribution in [2.24, 2.45) is 65.1 Å². The summed E-state index contributed by atoms with van der Waals surface area (Å²) in [5, 5.41) is 5.79. The van der Waals surface area contributed by atoms with Crippen molar-refractivity contribution in [1.82, 2.24) is 15.5 Å². The molecule has 59 heavy (non-hydrogen) atoms. The Bertz CT molecular complexity index is 1430. The summed E-state index contributed by atoms with van der Waals surface area (Å²) in [6.45, 7) is 26.9. The summed E-state index contributed by atoms with van der Waals surface area (Å²) in [6, 6.07) is -0.189. The van der Waals surface area contributed by atoms with Crippen molar-refractivity contribution in [3.8, 4) is 0 Å². The van der Waals surface area contributed by atoms with Gasteiger partial charge >= 0.3 is 0 Å². The molecule has 13 nitrogen and oxygen atoms in total. The van der Waals surface area contributed by atoms with E-state index in [1.165, 1.54) is 17.1 Å². The van der Waals surface area contributed by atoms with Gasteiger partial charge in [-0.2, -0.15) is 0 Å². The van der Waals surface area contributed by atoms with Crippen LogP contribution in [0.25, 0.3) is 0 Å². The molecule has 6 unspecified atom stereocenters. The van der Waals surface area contributed by atoms with Crippen molar-refractivity contribution in [3.63, 3.8) is 0 Å². The molecule has 5 aliphatic rings. The lowest BCUT2D eigenvalue weighted by Gasteiger charge is -2.47. The third-order valence-corrected chi connectivity index (χ3v) is 14.9. The first-order chi connectivity index (χ1) is 27.9. The summed E-state index contributed by atoms with van der Waals surface area (Å²) in [6.07, 6.45) is 4.31. The van der Waals surface area contributed by atoms with Gasteiger partial charge in [0.15, 0.2) is 18.9 Å². The zero-order chi connectivity index (χ0) is 43.3. The maximum absolute atomic E-state index is 13.6. The van der Waals surface area contributed by atoms with Crippen molar-refractivity contribution in [2.75, 3.05) is 19.9 Å². The molecule has 0 radical (unpaired) electrons. The van der Waals surface area contributed by atoms with E-state index in [1.807, 2.05) is 13.8 Å². The largest absolute Gasteiger partial charge is 0.350 e. The lowest BCUT2D eigenvalue weighted by atomic mass is 9.76. The van der Waals surface area contributed by atoms with Crippen LogP contribution in [-0.4, -0.2) is 97.7 Å². The molecule has 15 atom stereocenters. The Hall–Kier alpha value is -2.42. The summed E-state index contributed by atoms with van der Waals surface area (Å²) < 4.78 is 39.4. The second kappa shape index (κ2) is 21.1. The van der Waals surface area contributed by atoms with Crippen molar-refractivity contribution in [2.45, 2.75) is 171 Å². The lowest BCUT2D eigenvalue weighted by molar-refractivity contribution is -0.308. The minimum absolute atomic E-state index is 0.000724. The van der Waals surface area contributed by atoms with Crippen LogP contribution in [0.5, 0.6) is 0 Å². The number of nitrogens with one attached hydrogen (secondary N) is 2. The predicted octanol–water partition coefficient (Wildman–Crippen LogP) is 6.43. The fraction of sp³-hybridized carbons (Fsp3) is 0.870. The predicted molar refractivity (Wildman–Crippen MR) is 223 cm³/mol. The van der Waals surface area contributed by atoms with Crippen molar-refractivity contribution in [1.29, 1.82) is 0 Å². The number of hydrogen-bond acceptors (Lipinski definition) is 10. The average Bonchev–Trinajstić information content (AvgIpc) is 3.53. The Morgan fingerprint density at radius 1 is 0.661 bits per heavy atom. The number of carbonyl (C=O) groups excluding carboxylic acids is 4. The van der Waals surface area contributed by atoms with Crippen molar-refractivity contribution < 1.29 is 47.6 Å². The Balaban J connectivity index is 1.20. The standard InChI is InChI=1S/C46H77N3O10/c1-24(2)19-37-29(8)26(5)32(11)44(57-37)54-21-39-31(10)28(7)36(46(59-39)55-22-38-30(9)27(6)33(12)45(58-38)56-25(3)4)20-40(50)47-23-48-43(53)34-13-15-35(16-14-34)49-41(51)17-18-42(49)52/h17-18,24-39,44-46H,13-16,19-23H2,1-12H3,(H,47,50)(H,48,53)/t26-,27-,28-,29+,30+,31+,32?,33?,34?,35?,36?,37?,38?,39?,44+,45+,46+/m0/s1. The SMILES string of the molecule is CC(C)CC1O[C@@H](OCC2O[C@@H](OCC3O[C@@H](OC(C)C)C(C)[C@@H](C)[C@H]3C)C(CC(=O)NCNC(=O)C3CCC(N4C(=O)C=CC4=O)CC3)[C@@H](C)[C@H]2C)C(C)[C@@H](C)[C@H]1C. The highest BCUT2D eigenvalue weighted by atomic mass is 16.7. The number of ether oxygens (including phenoxy) is 6. The Kier molecular flexibility index (Phi) is 17.0. The van der Waals surface area contributed by atoms with Gasteiger partial charge in [0, 0.05) is 48.3 Å². The van der Waals surface area contributed by atoms with Crippen LogP contribution in [0.3, 0.4) is 0 Å². The van der Waals surface area contributed by atoms with Gasteiger partial charge in [0.1, 0.15) is 0 Å². The van der Waals surface area contributed by atoms with E-state index in [-0.39, 0.29) is 128 Å². The number of imide groups is 1. The molecule has 0 bridgehead atoms. The summed E-state index contributed by atoms with van der Waals surface area (Å²) >= 11 is 0. The van der Waals surface area contributed by atoms with Gasteiger partial charge in [-0.3, -0.25) is 24.1 Å². The maximum Gasteiger partial charge on any atom is 0.253 e. The molecule has 0 aromatic rings. The Morgan fingerprint density at radius 3 is 1.75 bits per heavy atom. The minimum Gasteiger partial charge on any atom is -0.350 e. The smallest absolute Gasteiger partial charge is 0.253 e. The van der Waals surface area contributed by atoms with Crippen LogP contribution in [0, 0.1) is 65.1 Å². The quantitative estimate of drug-likeness (QED) is 0.132. The Labute approximate surface area is 354 Å². The van der Waals surface area contributed by atoms with Gasteiger partial charge in [-0.1, -0.05) is 69.2 Å². The van der Waals surface area contributed by atoms with Gasteiger partial charge in [-0.05, 0) is 87.4 Å². The van der Waals surface area contributed by atoms with E-state index < -0.39 is 6.29 Å². The molecule has 13 heteroatoms. The number of nitrogens with zero attached hydrogens (tertiary/aromatic N) is 1. The van der Waals surface area contributed by atoms with Gasteiger partial charge in [0.25, 0.3) is 11.8 Å². The topological polar surface area (TPSA) is 151 Å². The zero-order valence-corrected chi connectivity index (χ0v) is 38.0. The number of amides is 4. The molecule has 0 aromatic heterocycles. The molecule has 1 saturated carbocycles. The fourth-order valence-corrected chi connectivity index (χ4v) is 9.93. The van der Waals surface area contributed by atoms with Gasteiger partial charge in [0.2, 0.25) is 11.8 Å². The maximum atomic E-state index is 13.6. The van der Waals surface area contributed by atoms with E-state index in [1.54, 1.807) is 0 Å². The third-order valence-electron chi connectivity index (χ3n) is 14.9. The number of rotatable bonds is 16. The van der Waals surface area contributed by atoms with E-state index >= 15 is 0 Å². The molecule has 0 spiro atoms. The number of hydrogen-bond donors (Lipinski definition) is 2. The average molecular weight is 832 g/mol. The fourth-order valence-electron chi connectivity index (χ4n) is 9.93. The van der Waals surface area contributed by atoms with Crippen molar-refractivity contribution in [3.05, 3.63) is 12.2 Å². The second-order valence-electron chi connectivity index (χ2n) is 19.6. The molecular weight excluding hydrogens is 755 g/mol. The van der Waals surface area contributed by atoms with E-state index in [0.717, 1.165) is 6.42 Å². The van der Waals surface area contributed by atoms with E-state index in [9.17, 15) is 19.2 Å². The van der Waals surface area contributed by atoms with Gasteiger partial charge in [-0.25, -0.2) is 0 Å². The Morgan fingerprint density at radius 2 is 1.17 bits per heavy atom. The molecule has 4 fully saturated rings. The first kappa shape index (κ1) is 47.6. The second-order valence-corrected chi connectivity index (χ2v) is 19.6.